The summed E-state index contributed by atoms with van der Waals surface area (Å²) in [4.78, 5) is 14.3. The van der Waals surface area contributed by atoms with E-state index in [4.69, 9.17) is 5.73 Å². The Morgan fingerprint density at radius 1 is 1.33 bits per heavy atom. The Morgan fingerprint density at radius 2 is 2.06 bits per heavy atom. The molecule has 0 bridgehead atoms. The Labute approximate surface area is 111 Å². The van der Waals surface area contributed by atoms with Gasteiger partial charge in [-0.15, -0.1) is 0 Å². The lowest BCUT2D eigenvalue weighted by atomic mass is 10.0. The topological polar surface area (TPSA) is 58.4 Å². The van der Waals surface area contributed by atoms with E-state index in [1.54, 1.807) is 0 Å². The molecule has 1 aliphatic heterocycles. The number of carbonyl (C=O) groups is 1. The Kier molecular flexibility index (Phi) is 8.01. The maximum Gasteiger partial charge on any atom is 0.224 e. The molecule has 1 aliphatic rings. The van der Waals surface area contributed by atoms with Gasteiger partial charge >= 0.3 is 0 Å². The van der Waals surface area contributed by atoms with Gasteiger partial charge in [0.1, 0.15) is 0 Å². The average molecular weight is 255 g/mol. The molecule has 18 heavy (non-hydrogen) atoms. The standard InChI is InChI=1S/C14H29N3O/c1-2-7-13(12-15)14(18)16-8-6-11-17-9-4-3-5-10-17/h13H,2-12,15H2,1H3,(H,16,18). The van der Waals surface area contributed by atoms with Crippen molar-refractivity contribution in [3.63, 3.8) is 0 Å². The van der Waals surface area contributed by atoms with Gasteiger partial charge in [-0.05, 0) is 45.3 Å². The highest BCUT2D eigenvalue weighted by molar-refractivity contribution is 5.78. The van der Waals surface area contributed by atoms with Gasteiger partial charge < -0.3 is 16.0 Å². The first kappa shape index (κ1) is 15.4. The van der Waals surface area contributed by atoms with Gasteiger partial charge in [-0.2, -0.15) is 0 Å². The minimum absolute atomic E-state index is 0.00462. The summed E-state index contributed by atoms with van der Waals surface area (Å²) in [5.74, 6) is 0.142. The average Bonchev–Trinajstić information content (AvgIpc) is 2.42. The molecule has 0 aromatic rings. The van der Waals surface area contributed by atoms with Gasteiger partial charge in [-0.3, -0.25) is 4.79 Å². The number of amides is 1. The number of nitrogens with two attached hydrogens (primary N) is 1. The molecule has 1 amide bonds. The quantitative estimate of drug-likeness (QED) is 0.644. The number of carbonyl (C=O) groups excluding carboxylic acids is 1. The lowest BCUT2D eigenvalue weighted by Crippen LogP contribution is -2.37. The zero-order valence-electron chi connectivity index (χ0n) is 11.8. The van der Waals surface area contributed by atoms with Crippen molar-refractivity contribution in [2.75, 3.05) is 32.7 Å². The van der Waals surface area contributed by atoms with Crippen molar-refractivity contribution in [1.29, 1.82) is 0 Å². The van der Waals surface area contributed by atoms with Crippen LogP contribution in [0.3, 0.4) is 0 Å². The van der Waals surface area contributed by atoms with Crippen LogP contribution in [0.2, 0.25) is 0 Å². The molecule has 1 fully saturated rings. The molecule has 0 aromatic heterocycles. The zero-order valence-corrected chi connectivity index (χ0v) is 11.8. The van der Waals surface area contributed by atoms with Crippen LogP contribution in [-0.4, -0.2) is 43.5 Å². The molecular weight excluding hydrogens is 226 g/mol. The molecule has 0 spiro atoms. The first-order chi connectivity index (χ1) is 8.77. The highest BCUT2D eigenvalue weighted by Crippen LogP contribution is 2.08. The lowest BCUT2D eigenvalue weighted by Gasteiger charge is -2.26. The molecule has 0 aromatic carbocycles. The van der Waals surface area contributed by atoms with Crippen LogP contribution in [-0.2, 0) is 4.79 Å². The van der Waals surface area contributed by atoms with Crippen molar-refractivity contribution >= 4 is 5.91 Å². The second kappa shape index (κ2) is 9.34. The highest BCUT2D eigenvalue weighted by Gasteiger charge is 2.15. The van der Waals surface area contributed by atoms with E-state index in [9.17, 15) is 4.79 Å². The molecule has 1 saturated heterocycles. The molecule has 3 N–H and O–H groups in total. The van der Waals surface area contributed by atoms with E-state index in [0.717, 1.165) is 32.4 Å². The van der Waals surface area contributed by atoms with Crippen LogP contribution in [0, 0.1) is 5.92 Å². The molecule has 0 radical (unpaired) electrons. The Hall–Kier alpha value is -0.610. The van der Waals surface area contributed by atoms with Crippen LogP contribution in [0.4, 0.5) is 0 Å². The van der Waals surface area contributed by atoms with Gasteiger partial charge in [0.25, 0.3) is 0 Å². The van der Waals surface area contributed by atoms with E-state index < -0.39 is 0 Å². The molecule has 4 nitrogen and oxygen atoms in total. The van der Waals surface area contributed by atoms with Gasteiger partial charge in [-0.25, -0.2) is 0 Å². The molecule has 1 rings (SSSR count). The summed E-state index contributed by atoms with van der Waals surface area (Å²) in [5.41, 5.74) is 5.61. The van der Waals surface area contributed by atoms with Crippen molar-refractivity contribution in [1.82, 2.24) is 10.2 Å². The van der Waals surface area contributed by atoms with Crippen molar-refractivity contribution in [3.05, 3.63) is 0 Å². The third-order valence-electron chi connectivity index (χ3n) is 3.69. The van der Waals surface area contributed by atoms with Crippen molar-refractivity contribution in [2.24, 2.45) is 11.7 Å². The highest BCUT2D eigenvalue weighted by atomic mass is 16.1. The number of nitrogens with zero attached hydrogens (tertiary/aromatic N) is 1. The first-order valence-electron chi connectivity index (χ1n) is 7.48. The Morgan fingerprint density at radius 3 is 2.67 bits per heavy atom. The fraction of sp³-hybridized carbons (Fsp3) is 0.929. The molecular formula is C14H29N3O. The van der Waals surface area contributed by atoms with Crippen molar-refractivity contribution < 1.29 is 4.79 Å². The summed E-state index contributed by atoms with van der Waals surface area (Å²) in [5, 5.41) is 3.01. The number of nitrogens with one attached hydrogen (secondary N) is 1. The fourth-order valence-corrected chi connectivity index (χ4v) is 2.55. The predicted octanol–water partition coefficient (Wildman–Crippen LogP) is 1.35. The van der Waals surface area contributed by atoms with Crippen molar-refractivity contribution in [3.8, 4) is 0 Å². The summed E-state index contributed by atoms with van der Waals surface area (Å²) in [6, 6.07) is 0. The van der Waals surface area contributed by atoms with Crippen LogP contribution in [0.15, 0.2) is 0 Å². The van der Waals surface area contributed by atoms with Gasteiger partial charge in [0.05, 0.1) is 5.92 Å². The Bertz CT molecular complexity index is 227. The maximum absolute atomic E-state index is 11.8. The number of piperidine rings is 1. The zero-order chi connectivity index (χ0) is 13.2. The minimum Gasteiger partial charge on any atom is -0.356 e. The molecule has 0 saturated carbocycles. The van der Waals surface area contributed by atoms with E-state index in [2.05, 4.69) is 17.1 Å². The van der Waals surface area contributed by atoms with Crippen LogP contribution in [0.1, 0.15) is 45.4 Å². The van der Waals surface area contributed by atoms with E-state index in [-0.39, 0.29) is 11.8 Å². The summed E-state index contributed by atoms with van der Waals surface area (Å²) >= 11 is 0. The van der Waals surface area contributed by atoms with Gasteiger partial charge in [-0.1, -0.05) is 19.8 Å². The van der Waals surface area contributed by atoms with E-state index in [1.807, 2.05) is 0 Å². The number of hydrogen-bond donors (Lipinski definition) is 2. The van der Waals surface area contributed by atoms with E-state index in [0.29, 0.717) is 6.54 Å². The summed E-state index contributed by atoms with van der Waals surface area (Å²) in [6.45, 7) is 6.92. The summed E-state index contributed by atoms with van der Waals surface area (Å²) < 4.78 is 0. The number of rotatable bonds is 8. The predicted molar refractivity (Wildman–Crippen MR) is 75.4 cm³/mol. The molecule has 106 valence electrons. The summed E-state index contributed by atoms with van der Waals surface area (Å²) in [7, 11) is 0. The van der Waals surface area contributed by atoms with Crippen LogP contribution < -0.4 is 11.1 Å². The van der Waals surface area contributed by atoms with Gasteiger partial charge in [0.15, 0.2) is 0 Å². The van der Waals surface area contributed by atoms with Gasteiger partial charge in [0, 0.05) is 13.1 Å². The SMILES string of the molecule is CCCC(CN)C(=O)NCCCN1CCCCC1. The lowest BCUT2D eigenvalue weighted by molar-refractivity contribution is -0.124. The number of likely N-dealkylation sites (tertiary alicyclic amines) is 1. The van der Waals surface area contributed by atoms with Crippen LogP contribution in [0.5, 0.6) is 0 Å². The third kappa shape index (κ3) is 5.83. The first-order valence-corrected chi connectivity index (χ1v) is 7.48. The largest absolute Gasteiger partial charge is 0.356 e. The Balaban J connectivity index is 2.07. The van der Waals surface area contributed by atoms with Crippen LogP contribution in [0.25, 0.3) is 0 Å². The minimum atomic E-state index is 0.00462. The van der Waals surface area contributed by atoms with Gasteiger partial charge in [0.2, 0.25) is 5.91 Å². The monoisotopic (exact) mass is 255 g/mol. The van der Waals surface area contributed by atoms with E-state index >= 15 is 0 Å². The second-order valence-electron chi connectivity index (χ2n) is 5.27. The normalized spacial score (nSPS) is 18.6. The van der Waals surface area contributed by atoms with Crippen LogP contribution >= 0.6 is 0 Å². The third-order valence-corrected chi connectivity index (χ3v) is 3.69. The molecule has 0 aliphatic carbocycles. The smallest absolute Gasteiger partial charge is 0.224 e. The fourth-order valence-electron chi connectivity index (χ4n) is 2.55. The maximum atomic E-state index is 11.8. The molecule has 1 heterocycles. The summed E-state index contributed by atoms with van der Waals surface area (Å²) in [6.07, 6.45) is 7.01. The van der Waals surface area contributed by atoms with E-state index in [1.165, 1.54) is 32.4 Å². The molecule has 1 atom stereocenters. The second-order valence-corrected chi connectivity index (χ2v) is 5.27. The molecule has 4 heteroatoms. The molecule has 1 unspecified atom stereocenters. The number of hydrogen-bond acceptors (Lipinski definition) is 3. The van der Waals surface area contributed by atoms with Crippen molar-refractivity contribution in [2.45, 2.75) is 45.4 Å².